The Balaban J connectivity index is 2.04. The van der Waals surface area contributed by atoms with E-state index in [1.165, 1.54) is 14.0 Å². The minimum absolute atomic E-state index is 0.366. The number of nitrogens with one attached hydrogen (secondary N) is 1. The Morgan fingerprint density at radius 1 is 1.30 bits per heavy atom. The maximum absolute atomic E-state index is 12.2. The molecule has 0 bridgehead atoms. The van der Waals surface area contributed by atoms with Gasteiger partial charge in [0.05, 0.1) is 12.8 Å². The standard InChI is InChI=1S/C16H17ClN2O4/c1-10(23-16(21)13-5-4-8-19(13)2)15(20)18-12-9-11(17)6-7-14(12)22-3/h4-10H,1-3H3,(H,18,20)/t10-/m1/s1. The highest BCUT2D eigenvalue weighted by atomic mass is 35.5. The van der Waals surface area contributed by atoms with Crippen molar-refractivity contribution in [3.63, 3.8) is 0 Å². The third-order valence-electron chi connectivity index (χ3n) is 3.23. The van der Waals surface area contributed by atoms with Crippen molar-refractivity contribution in [2.24, 2.45) is 7.05 Å². The van der Waals surface area contributed by atoms with Gasteiger partial charge in [-0.3, -0.25) is 4.79 Å². The van der Waals surface area contributed by atoms with Gasteiger partial charge in [0, 0.05) is 18.3 Å². The van der Waals surface area contributed by atoms with Crippen molar-refractivity contribution in [1.82, 2.24) is 4.57 Å². The van der Waals surface area contributed by atoms with E-state index in [1.54, 1.807) is 48.1 Å². The Hall–Kier alpha value is -2.47. The smallest absolute Gasteiger partial charge is 0.355 e. The molecule has 1 amide bonds. The number of hydrogen-bond acceptors (Lipinski definition) is 4. The van der Waals surface area contributed by atoms with Crippen LogP contribution in [-0.2, 0) is 16.6 Å². The lowest BCUT2D eigenvalue weighted by atomic mass is 10.2. The molecule has 1 atom stereocenters. The number of amides is 1. The van der Waals surface area contributed by atoms with Crippen molar-refractivity contribution >= 4 is 29.2 Å². The molecule has 122 valence electrons. The van der Waals surface area contributed by atoms with Crippen LogP contribution in [-0.4, -0.2) is 29.7 Å². The normalized spacial score (nSPS) is 11.7. The molecular weight excluding hydrogens is 320 g/mol. The maximum Gasteiger partial charge on any atom is 0.355 e. The minimum Gasteiger partial charge on any atom is -0.495 e. The minimum atomic E-state index is -0.971. The first-order valence-electron chi connectivity index (χ1n) is 6.89. The number of esters is 1. The summed E-state index contributed by atoms with van der Waals surface area (Å²) in [6.45, 7) is 1.49. The Morgan fingerprint density at radius 2 is 2.04 bits per heavy atom. The lowest BCUT2D eigenvalue weighted by molar-refractivity contribution is -0.123. The molecule has 2 aromatic rings. The van der Waals surface area contributed by atoms with Crippen molar-refractivity contribution in [2.75, 3.05) is 12.4 Å². The van der Waals surface area contributed by atoms with Crippen LogP contribution in [0.25, 0.3) is 0 Å². The van der Waals surface area contributed by atoms with Crippen molar-refractivity contribution in [1.29, 1.82) is 0 Å². The summed E-state index contributed by atoms with van der Waals surface area (Å²) in [5, 5.41) is 3.09. The molecule has 7 heteroatoms. The third-order valence-corrected chi connectivity index (χ3v) is 3.46. The van der Waals surface area contributed by atoms with Crippen molar-refractivity contribution < 1.29 is 19.1 Å². The highest BCUT2D eigenvalue weighted by Crippen LogP contribution is 2.27. The average molecular weight is 337 g/mol. The number of anilines is 1. The lowest BCUT2D eigenvalue weighted by Crippen LogP contribution is -2.30. The molecule has 0 aliphatic heterocycles. The van der Waals surface area contributed by atoms with Crippen LogP contribution >= 0.6 is 11.6 Å². The van der Waals surface area contributed by atoms with E-state index in [2.05, 4.69) is 5.32 Å². The van der Waals surface area contributed by atoms with E-state index in [4.69, 9.17) is 21.1 Å². The zero-order valence-corrected chi connectivity index (χ0v) is 13.8. The molecule has 1 heterocycles. The number of nitrogens with zero attached hydrogens (tertiary/aromatic N) is 1. The van der Waals surface area contributed by atoms with Crippen LogP contribution in [0.15, 0.2) is 36.5 Å². The topological polar surface area (TPSA) is 69.6 Å². The van der Waals surface area contributed by atoms with E-state index in [0.717, 1.165) is 0 Å². The summed E-state index contributed by atoms with van der Waals surface area (Å²) in [6.07, 6.45) is 0.749. The third kappa shape index (κ3) is 4.04. The molecule has 0 saturated heterocycles. The molecule has 1 N–H and O–H groups in total. The predicted molar refractivity (Wildman–Crippen MR) is 86.9 cm³/mol. The van der Waals surface area contributed by atoms with E-state index in [-0.39, 0.29) is 0 Å². The molecule has 0 radical (unpaired) electrons. The number of aryl methyl sites for hydroxylation is 1. The molecule has 6 nitrogen and oxygen atoms in total. The monoisotopic (exact) mass is 336 g/mol. The zero-order valence-electron chi connectivity index (χ0n) is 13.0. The van der Waals surface area contributed by atoms with Crippen molar-refractivity contribution in [3.05, 3.63) is 47.2 Å². The van der Waals surface area contributed by atoms with Crippen molar-refractivity contribution in [3.8, 4) is 5.75 Å². The first-order chi connectivity index (χ1) is 10.9. The second-order valence-corrected chi connectivity index (χ2v) is 5.32. The number of benzene rings is 1. The molecule has 0 aliphatic carbocycles. The van der Waals surface area contributed by atoms with E-state index in [0.29, 0.717) is 22.2 Å². The quantitative estimate of drug-likeness (QED) is 0.852. The van der Waals surface area contributed by atoms with Gasteiger partial charge in [0.2, 0.25) is 0 Å². The Morgan fingerprint density at radius 3 is 2.65 bits per heavy atom. The van der Waals surface area contributed by atoms with Gasteiger partial charge < -0.3 is 19.4 Å². The van der Waals surface area contributed by atoms with E-state index >= 15 is 0 Å². The summed E-state index contributed by atoms with van der Waals surface area (Å²) in [7, 11) is 3.20. The number of halogens is 1. The summed E-state index contributed by atoms with van der Waals surface area (Å²) in [4.78, 5) is 24.2. The zero-order chi connectivity index (χ0) is 17.0. The Kier molecular flexibility index (Phi) is 5.28. The second kappa shape index (κ2) is 7.19. The largest absolute Gasteiger partial charge is 0.495 e. The molecular formula is C16H17ClN2O4. The van der Waals surface area contributed by atoms with Crippen LogP contribution < -0.4 is 10.1 Å². The number of hydrogen-bond donors (Lipinski definition) is 1. The summed E-state index contributed by atoms with van der Waals surface area (Å²) < 4.78 is 11.9. The maximum atomic E-state index is 12.2. The van der Waals surface area contributed by atoms with E-state index < -0.39 is 18.0 Å². The fourth-order valence-electron chi connectivity index (χ4n) is 1.96. The van der Waals surface area contributed by atoms with Gasteiger partial charge in [-0.1, -0.05) is 11.6 Å². The highest BCUT2D eigenvalue weighted by molar-refractivity contribution is 6.31. The van der Waals surface area contributed by atoms with Gasteiger partial charge in [-0.25, -0.2) is 4.79 Å². The molecule has 0 saturated carbocycles. The van der Waals surface area contributed by atoms with Gasteiger partial charge in [-0.2, -0.15) is 0 Å². The van der Waals surface area contributed by atoms with Crippen molar-refractivity contribution in [2.45, 2.75) is 13.0 Å². The SMILES string of the molecule is COc1ccc(Cl)cc1NC(=O)[C@@H](C)OC(=O)c1cccn1C. The summed E-state index contributed by atoms with van der Waals surface area (Å²) in [5.74, 6) is -0.588. The molecule has 1 aromatic heterocycles. The van der Waals surface area contributed by atoms with E-state index in [1.807, 2.05) is 0 Å². The molecule has 1 aromatic carbocycles. The van der Waals surface area contributed by atoms with Crippen LogP contribution in [0.2, 0.25) is 5.02 Å². The highest BCUT2D eigenvalue weighted by Gasteiger charge is 2.21. The molecule has 0 fully saturated rings. The number of carbonyl (C=O) groups excluding carboxylic acids is 2. The first-order valence-corrected chi connectivity index (χ1v) is 7.27. The fraction of sp³-hybridized carbons (Fsp3) is 0.250. The fourth-order valence-corrected chi connectivity index (χ4v) is 2.13. The second-order valence-electron chi connectivity index (χ2n) is 4.89. The van der Waals surface area contributed by atoms with Gasteiger partial charge in [-0.05, 0) is 37.3 Å². The van der Waals surface area contributed by atoms with Crippen LogP contribution in [0.5, 0.6) is 5.75 Å². The predicted octanol–water partition coefficient (Wildman–Crippen LogP) is 2.87. The van der Waals surface area contributed by atoms with Gasteiger partial charge in [0.15, 0.2) is 6.10 Å². The van der Waals surface area contributed by atoms with Gasteiger partial charge in [0.1, 0.15) is 11.4 Å². The number of carbonyl (C=O) groups is 2. The average Bonchev–Trinajstić information content (AvgIpc) is 2.93. The van der Waals surface area contributed by atoms with E-state index in [9.17, 15) is 9.59 Å². The first kappa shape index (κ1) is 16.9. The summed E-state index contributed by atoms with van der Waals surface area (Å²) in [5.41, 5.74) is 0.775. The number of methoxy groups -OCH3 is 1. The van der Waals surface area contributed by atoms with Crippen LogP contribution in [0.3, 0.4) is 0 Å². The van der Waals surface area contributed by atoms with Gasteiger partial charge >= 0.3 is 5.97 Å². The Labute approximate surface area is 139 Å². The Bertz CT molecular complexity index is 727. The van der Waals surface area contributed by atoms with Crippen LogP contribution in [0.4, 0.5) is 5.69 Å². The molecule has 0 spiro atoms. The molecule has 2 rings (SSSR count). The summed E-state index contributed by atoms with van der Waals surface area (Å²) in [6, 6.07) is 8.18. The molecule has 23 heavy (non-hydrogen) atoms. The molecule has 0 aliphatic rings. The summed E-state index contributed by atoms with van der Waals surface area (Å²) >= 11 is 5.91. The van der Waals surface area contributed by atoms with Gasteiger partial charge in [0.25, 0.3) is 5.91 Å². The van der Waals surface area contributed by atoms with Crippen LogP contribution in [0.1, 0.15) is 17.4 Å². The number of rotatable bonds is 5. The van der Waals surface area contributed by atoms with Crippen LogP contribution in [0, 0.1) is 0 Å². The number of aromatic nitrogens is 1. The van der Waals surface area contributed by atoms with Gasteiger partial charge in [-0.15, -0.1) is 0 Å². The molecule has 0 unspecified atom stereocenters. The lowest BCUT2D eigenvalue weighted by Gasteiger charge is -2.15. The number of ether oxygens (including phenoxy) is 2.